The molecule has 4 nitrogen and oxygen atoms in total. The van der Waals surface area contributed by atoms with E-state index in [-0.39, 0.29) is 11.6 Å². The maximum atomic E-state index is 6.14. The van der Waals surface area contributed by atoms with Crippen LogP contribution in [0.1, 0.15) is 37.4 Å². The van der Waals surface area contributed by atoms with Gasteiger partial charge in [0.2, 0.25) is 0 Å². The number of rotatable bonds is 3. The van der Waals surface area contributed by atoms with E-state index in [2.05, 4.69) is 10.3 Å². The van der Waals surface area contributed by atoms with E-state index < -0.39 is 0 Å². The molecule has 2 aliphatic rings. The van der Waals surface area contributed by atoms with Crippen LogP contribution in [0.3, 0.4) is 0 Å². The maximum Gasteiger partial charge on any atom is 0.0729 e. The first-order valence-electron chi connectivity index (χ1n) is 7.73. The SMILES string of the molecule is CNC(c1ccc(Cl)cn1)C1CCOC2(CCOCC2)C1. The molecule has 2 fully saturated rings. The molecule has 1 aromatic heterocycles. The van der Waals surface area contributed by atoms with Crippen LogP contribution in [0.2, 0.25) is 5.02 Å². The van der Waals surface area contributed by atoms with E-state index in [1.165, 1.54) is 0 Å². The van der Waals surface area contributed by atoms with Gasteiger partial charge in [0.25, 0.3) is 0 Å². The number of ether oxygens (including phenoxy) is 2. The molecule has 0 saturated carbocycles. The summed E-state index contributed by atoms with van der Waals surface area (Å²) in [6.07, 6.45) is 5.89. The number of halogens is 1. The molecule has 0 radical (unpaired) electrons. The summed E-state index contributed by atoms with van der Waals surface area (Å²) >= 11 is 5.95. The van der Waals surface area contributed by atoms with Gasteiger partial charge in [0.05, 0.1) is 22.4 Å². The second kappa shape index (κ2) is 6.61. The summed E-state index contributed by atoms with van der Waals surface area (Å²) in [5.74, 6) is 0.538. The van der Waals surface area contributed by atoms with Gasteiger partial charge in [0.15, 0.2) is 0 Å². The molecule has 116 valence electrons. The minimum atomic E-state index is 0.0166. The molecule has 3 heterocycles. The van der Waals surface area contributed by atoms with Crippen molar-refractivity contribution in [1.29, 1.82) is 0 Å². The van der Waals surface area contributed by atoms with Gasteiger partial charge in [-0.25, -0.2) is 0 Å². The van der Waals surface area contributed by atoms with Gasteiger partial charge in [-0.3, -0.25) is 4.98 Å². The van der Waals surface area contributed by atoms with Gasteiger partial charge in [-0.05, 0) is 50.8 Å². The quantitative estimate of drug-likeness (QED) is 0.932. The van der Waals surface area contributed by atoms with Crippen molar-refractivity contribution in [1.82, 2.24) is 10.3 Å². The zero-order chi connectivity index (χ0) is 14.7. The highest BCUT2D eigenvalue weighted by Gasteiger charge is 2.41. The standard InChI is InChI=1S/C16H23ClN2O2/c1-18-15(14-3-2-13(17)11-19-14)12-4-7-21-16(10-12)5-8-20-9-6-16/h2-3,11-12,15,18H,4-10H2,1H3. The molecule has 0 amide bonds. The molecule has 0 aliphatic carbocycles. The first-order valence-corrected chi connectivity index (χ1v) is 8.11. The fraction of sp³-hybridized carbons (Fsp3) is 0.688. The van der Waals surface area contributed by atoms with Crippen molar-refractivity contribution in [2.45, 2.75) is 37.3 Å². The smallest absolute Gasteiger partial charge is 0.0729 e. The van der Waals surface area contributed by atoms with Crippen molar-refractivity contribution in [2.75, 3.05) is 26.9 Å². The van der Waals surface area contributed by atoms with E-state index in [1.54, 1.807) is 6.20 Å². The lowest BCUT2D eigenvalue weighted by Crippen LogP contribution is -2.46. The van der Waals surface area contributed by atoms with Crippen LogP contribution in [0.4, 0.5) is 0 Å². The number of hydrogen-bond acceptors (Lipinski definition) is 4. The first-order chi connectivity index (χ1) is 10.2. The minimum absolute atomic E-state index is 0.0166. The van der Waals surface area contributed by atoms with E-state index in [0.29, 0.717) is 10.9 Å². The van der Waals surface area contributed by atoms with Crippen molar-refractivity contribution in [3.8, 4) is 0 Å². The molecule has 1 N–H and O–H groups in total. The Labute approximate surface area is 131 Å². The highest BCUT2D eigenvalue weighted by molar-refractivity contribution is 6.30. The van der Waals surface area contributed by atoms with Crippen LogP contribution in [-0.2, 0) is 9.47 Å². The molecule has 0 aromatic carbocycles. The molecule has 0 bridgehead atoms. The fourth-order valence-electron chi connectivity index (χ4n) is 3.64. The molecule has 3 rings (SSSR count). The molecule has 5 heteroatoms. The lowest BCUT2D eigenvalue weighted by atomic mass is 9.77. The Bertz CT molecular complexity index is 454. The zero-order valence-electron chi connectivity index (χ0n) is 12.5. The predicted molar refractivity (Wildman–Crippen MR) is 82.5 cm³/mol. The van der Waals surface area contributed by atoms with Gasteiger partial charge in [-0.15, -0.1) is 0 Å². The first kappa shape index (κ1) is 15.2. The van der Waals surface area contributed by atoms with Crippen molar-refractivity contribution in [2.24, 2.45) is 5.92 Å². The van der Waals surface area contributed by atoms with Gasteiger partial charge >= 0.3 is 0 Å². The van der Waals surface area contributed by atoms with Crippen molar-refractivity contribution < 1.29 is 9.47 Å². The van der Waals surface area contributed by atoms with Crippen molar-refractivity contribution in [3.63, 3.8) is 0 Å². The maximum absolute atomic E-state index is 6.14. The molecular formula is C16H23ClN2O2. The highest BCUT2D eigenvalue weighted by atomic mass is 35.5. The lowest BCUT2D eigenvalue weighted by Gasteiger charge is -2.45. The second-order valence-corrected chi connectivity index (χ2v) is 6.50. The fourth-order valence-corrected chi connectivity index (χ4v) is 3.75. The molecule has 1 spiro atoms. The van der Waals surface area contributed by atoms with E-state index in [1.807, 2.05) is 19.2 Å². The Kier molecular flexibility index (Phi) is 4.79. The monoisotopic (exact) mass is 310 g/mol. The third-order valence-corrected chi connectivity index (χ3v) is 5.01. The minimum Gasteiger partial charge on any atom is -0.381 e. The summed E-state index contributed by atoms with van der Waals surface area (Å²) in [5, 5.41) is 4.12. The lowest BCUT2D eigenvalue weighted by molar-refractivity contribution is -0.150. The van der Waals surface area contributed by atoms with E-state index in [4.69, 9.17) is 21.1 Å². The number of pyridine rings is 1. The molecule has 1 aromatic rings. The van der Waals surface area contributed by atoms with Crippen molar-refractivity contribution >= 4 is 11.6 Å². The van der Waals surface area contributed by atoms with Crippen molar-refractivity contribution in [3.05, 3.63) is 29.0 Å². The Morgan fingerprint density at radius 2 is 2.14 bits per heavy atom. The average Bonchev–Trinajstić information content (AvgIpc) is 2.51. The van der Waals surface area contributed by atoms with Crippen LogP contribution in [0, 0.1) is 5.92 Å². The second-order valence-electron chi connectivity index (χ2n) is 6.06. The summed E-state index contributed by atoms with van der Waals surface area (Å²) < 4.78 is 11.6. The number of nitrogens with zero attached hydrogens (tertiary/aromatic N) is 1. The summed E-state index contributed by atoms with van der Waals surface area (Å²) in [6.45, 7) is 2.46. The third-order valence-electron chi connectivity index (χ3n) is 4.79. The molecule has 2 atom stereocenters. The summed E-state index contributed by atoms with van der Waals surface area (Å²) in [4.78, 5) is 4.50. The Balaban J connectivity index is 1.75. The zero-order valence-corrected chi connectivity index (χ0v) is 13.2. The predicted octanol–water partition coefficient (Wildman–Crippen LogP) is 2.97. The molecule has 21 heavy (non-hydrogen) atoms. The van der Waals surface area contributed by atoms with Crippen LogP contribution in [0.15, 0.2) is 18.3 Å². The van der Waals surface area contributed by atoms with Gasteiger partial charge in [0.1, 0.15) is 0 Å². The van der Waals surface area contributed by atoms with Gasteiger partial charge in [-0.2, -0.15) is 0 Å². The Morgan fingerprint density at radius 3 is 2.81 bits per heavy atom. The van der Waals surface area contributed by atoms with Crippen LogP contribution >= 0.6 is 11.6 Å². The third kappa shape index (κ3) is 3.39. The van der Waals surface area contributed by atoms with Crippen LogP contribution in [-0.4, -0.2) is 37.5 Å². The van der Waals surface area contributed by atoms with Crippen LogP contribution < -0.4 is 5.32 Å². The van der Waals surface area contributed by atoms with Gasteiger partial charge in [-0.1, -0.05) is 11.6 Å². The largest absolute Gasteiger partial charge is 0.381 e. The Hall–Kier alpha value is -0.680. The summed E-state index contributed by atoms with van der Waals surface area (Å²) in [7, 11) is 2.01. The van der Waals surface area contributed by atoms with Gasteiger partial charge < -0.3 is 14.8 Å². The van der Waals surface area contributed by atoms with Gasteiger partial charge in [0, 0.05) is 26.0 Å². The number of hydrogen-bond donors (Lipinski definition) is 1. The topological polar surface area (TPSA) is 43.4 Å². The summed E-state index contributed by atoms with van der Waals surface area (Å²) in [6, 6.07) is 4.19. The Morgan fingerprint density at radius 1 is 1.33 bits per heavy atom. The van der Waals surface area contributed by atoms with E-state index in [0.717, 1.165) is 51.2 Å². The van der Waals surface area contributed by atoms with E-state index in [9.17, 15) is 0 Å². The molecule has 2 unspecified atom stereocenters. The average molecular weight is 311 g/mol. The van der Waals surface area contributed by atoms with E-state index >= 15 is 0 Å². The highest BCUT2D eigenvalue weighted by Crippen LogP contribution is 2.41. The number of aromatic nitrogens is 1. The normalized spacial score (nSPS) is 26.7. The molecule has 2 saturated heterocycles. The molecular weight excluding hydrogens is 288 g/mol. The number of nitrogens with one attached hydrogen (secondary N) is 1. The summed E-state index contributed by atoms with van der Waals surface area (Å²) in [5.41, 5.74) is 1.08. The van der Waals surface area contributed by atoms with Crippen LogP contribution in [0.25, 0.3) is 0 Å². The molecule has 2 aliphatic heterocycles. The van der Waals surface area contributed by atoms with Crippen LogP contribution in [0.5, 0.6) is 0 Å².